The van der Waals surface area contributed by atoms with Gasteiger partial charge in [0.15, 0.2) is 5.76 Å². The van der Waals surface area contributed by atoms with E-state index >= 15 is 0 Å². The molecule has 0 atom stereocenters. The molecular weight excluding hydrogens is 346 g/mol. The van der Waals surface area contributed by atoms with E-state index in [1.54, 1.807) is 36.9 Å². The van der Waals surface area contributed by atoms with Crippen LogP contribution in [0.4, 0.5) is 5.69 Å². The zero-order chi connectivity index (χ0) is 17.3. The molecule has 3 aromatic rings. The standard InChI is InChI=1S/C16H17N3O3S2/c1-10-8-14(18-17-10)15-9-16(11(2)22-15)24(20,21)19-12-4-6-13(23-3)7-5-12/h4-9,19H,1-3H3,(H,17,18). The van der Waals surface area contributed by atoms with Gasteiger partial charge in [-0.2, -0.15) is 5.10 Å². The number of H-pyrrole nitrogens is 1. The van der Waals surface area contributed by atoms with E-state index in [9.17, 15) is 8.42 Å². The second-order valence-corrected chi connectivity index (χ2v) is 7.83. The van der Waals surface area contributed by atoms with Crippen molar-refractivity contribution >= 4 is 27.5 Å². The molecule has 24 heavy (non-hydrogen) atoms. The van der Waals surface area contributed by atoms with E-state index in [1.807, 2.05) is 25.3 Å². The zero-order valence-electron chi connectivity index (χ0n) is 13.5. The number of hydrogen-bond donors (Lipinski definition) is 2. The van der Waals surface area contributed by atoms with Gasteiger partial charge in [-0.15, -0.1) is 11.8 Å². The number of anilines is 1. The molecule has 0 bridgehead atoms. The predicted molar refractivity (Wildman–Crippen MR) is 94.8 cm³/mol. The Morgan fingerprint density at radius 3 is 2.46 bits per heavy atom. The van der Waals surface area contributed by atoms with Crippen molar-refractivity contribution in [3.05, 3.63) is 47.9 Å². The van der Waals surface area contributed by atoms with Crippen LogP contribution in [0.5, 0.6) is 0 Å². The molecule has 0 fully saturated rings. The number of rotatable bonds is 5. The summed E-state index contributed by atoms with van der Waals surface area (Å²) in [7, 11) is -3.73. The van der Waals surface area contributed by atoms with Crippen LogP contribution in [-0.4, -0.2) is 24.9 Å². The van der Waals surface area contributed by atoms with E-state index in [0.717, 1.165) is 10.6 Å². The van der Waals surface area contributed by atoms with Crippen molar-refractivity contribution in [2.45, 2.75) is 23.6 Å². The number of aromatic amines is 1. The molecule has 0 saturated carbocycles. The van der Waals surface area contributed by atoms with Crippen molar-refractivity contribution in [3.8, 4) is 11.5 Å². The van der Waals surface area contributed by atoms with E-state index in [4.69, 9.17) is 4.42 Å². The summed E-state index contributed by atoms with van der Waals surface area (Å²) in [6, 6.07) is 10.5. The van der Waals surface area contributed by atoms with Crippen molar-refractivity contribution in [1.29, 1.82) is 0 Å². The van der Waals surface area contributed by atoms with Crippen molar-refractivity contribution < 1.29 is 12.8 Å². The first-order chi connectivity index (χ1) is 11.4. The fraction of sp³-hybridized carbons (Fsp3) is 0.188. The first kappa shape index (κ1) is 16.7. The number of furan rings is 1. The predicted octanol–water partition coefficient (Wildman–Crippen LogP) is 3.81. The summed E-state index contributed by atoms with van der Waals surface area (Å²) in [5.74, 6) is 0.730. The van der Waals surface area contributed by atoms with Gasteiger partial charge < -0.3 is 4.42 Å². The second kappa shape index (κ2) is 6.37. The van der Waals surface area contributed by atoms with Crippen LogP contribution in [0, 0.1) is 13.8 Å². The number of aromatic nitrogens is 2. The lowest BCUT2D eigenvalue weighted by molar-refractivity contribution is 0.534. The molecule has 1 aromatic carbocycles. The number of thioether (sulfide) groups is 1. The maximum Gasteiger partial charge on any atom is 0.265 e. The van der Waals surface area contributed by atoms with Gasteiger partial charge in [-0.05, 0) is 50.4 Å². The normalized spacial score (nSPS) is 11.6. The molecule has 2 aromatic heterocycles. The van der Waals surface area contributed by atoms with E-state index in [-0.39, 0.29) is 4.90 Å². The summed E-state index contributed by atoms with van der Waals surface area (Å²) >= 11 is 1.60. The highest BCUT2D eigenvalue weighted by molar-refractivity contribution is 7.98. The van der Waals surface area contributed by atoms with E-state index in [1.165, 1.54) is 6.07 Å². The molecule has 8 heteroatoms. The summed E-state index contributed by atoms with van der Waals surface area (Å²) in [5.41, 5.74) is 1.95. The monoisotopic (exact) mass is 363 g/mol. The zero-order valence-corrected chi connectivity index (χ0v) is 15.1. The van der Waals surface area contributed by atoms with Crippen molar-refractivity contribution in [1.82, 2.24) is 10.2 Å². The second-order valence-electron chi connectivity index (χ2n) is 5.30. The van der Waals surface area contributed by atoms with Gasteiger partial charge in [0.2, 0.25) is 0 Å². The lowest BCUT2D eigenvalue weighted by atomic mass is 10.3. The summed E-state index contributed by atoms with van der Waals surface area (Å²) in [6.45, 7) is 3.48. The molecule has 0 saturated heterocycles. The molecule has 0 spiro atoms. The molecule has 0 aliphatic rings. The van der Waals surface area contributed by atoms with Crippen LogP contribution in [0.2, 0.25) is 0 Å². The minimum absolute atomic E-state index is 0.104. The third-order valence-electron chi connectivity index (χ3n) is 3.46. The number of benzene rings is 1. The van der Waals surface area contributed by atoms with Crippen molar-refractivity contribution in [3.63, 3.8) is 0 Å². The van der Waals surface area contributed by atoms with Crippen LogP contribution in [-0.2, 0) is 10.0 Å². The molecule has 126 valence electrons. The van der Waals surface area contributed by atoms with Crippen LogP contribution in [0.1, 0.15) is 11.5 Å². The highest BCUT2D eigenvalue weighted by Crippen LogP contribution is 2.29. The average molecular weight is 363 g/mol. The summed E-state index contributed by atoms with van der Waals surface area (Å²) in [4.78, 5) is 1.17. The molecule has 0 unspecified atom stereocenters. The van der Waals surface area contributed by atoms with Crippen LogP contribution in [0.15, 0.2) is 50.6 Å². The SMILES string of the molecule is CSc1ccc(NS(=O)(=O)c2cc(-c3cc(C)[nH]n3)oc2C)cc1. The van der Waals surface area contributed by atoms with Crippen LogP contribution < -0.4 is 4.72 Å². The van der Waals surface area contributed by atoms with Gasteiger partial charge in [-0.3, -0.25) is 9.82 Å². The number of hydrogen-bond acceptors (Lipinski definition) is 5. The number of sulfonamides is 1. The average Bonchev–Trinajstić information content (AvgIpc) is 3.14. The minimum Gasteiger partial charge on any atom is -0.458 e. The lowest BCUT2D eigenvalue weighted by Crippen LogP contribution is -2.13. The Balaban J connectivity index is 1.90. The number of nitrogens with one attached hydrogen (secondary N) is 2. The maximum atomic E-state index is 12.6. The van der Waals surface area contributed by atoms with Gasteiger partial charge in [0.05, 0.1) is 0 Å². The first-order valence-corrected chi connectivity index (χ1v) is 9.89. The third kappa shape index (κ3) is 3.34. The van der Waals surface area contributed by atoms with Crippen LogP contribution in [0.25, 0.3) is 11.5 Å². The topological polar surface area (TPSA) is 88.0 Å². The fourth-order valence-electron chi connectivity index (χ4n) is 2.27. The van der Waals surface area contributed by atoms with Crippen molar-refractivity contribution in [2.24, 2.45) is 0 Å². The minimum atomic E-state index is -3.73. The van der Waals surface area contributed by atoms with Crippen molar-refractivity contribution in [2.75, 3.05) is 11.0 Å². The van der Waals surface area contributed by atoms with Crippen LogP contribution >= 0.6 is 11.8 Å². The smallest absolute Gasteiger partial charge is 0.265 e. The van der Waals surface area contributed by atoms with Crippen LogP contribution in [0.3, 0.4) is 0 Å². The lowest BCUT2D eigenvalue weighted by Gasteiger charge is -2.07. The fourth-order valence-corrected chi connectivity index (χ4v) is 3.92. The summed E-state index contributed by atoms with van der Waals surface area (Å²) < 4.78 is 33.4. The molecule has 0 aliphatic heterocycles. The van der Waals surface area contributed by atoms with E-state index in [2.05, 4.69) is 14.9 Å². The number of aryl methyl sites for hydroxylation is 2. The summed E-state index contributed by atoms with van der Waals surface area (Å²) in [6.07, 6.45) is 1.96. The Hall–Kier alpha value is -2.19. The third-order valence-corrected chi connectivity index (χ3v) is 5.69. The quantitative estimate of drug-likeness (QED) is 0.673. The van der Waals surface area contributed by atoms with Gasteiger partial charge in [0, 0.05) is 22.3 Å². The Labute approximate surface area is 144 Å². The highest BCUT2D eigenvalue weighted by atomic mass is 32.2. The molecule has 0 amide bonds. The Kier molecular flexibility index (Phi) is 4.42. The first-order valence-electron chi connectivity index (χ1n) is 7.19. The molecule has 3 rings (SSSR count). The maximum absolute atomic E-state index is 12.6. The molecule has 6 nitrogen and oxygen atoms in total. The van der Waals surface area contributed by atoms with E-state index < -0.39 is 10.0 Å². The van der Waals surface area contributed by atoms with E-state index in [0.29, 0.717) is 22.9 Å². The van der Waals surface area contributed by atoms with Gasteiger partial charge >= 0.3 is 0 Å². The van der Waals surface area contributed by atoms with Gasteiger partial charge in [-0.25, -0.2) is 8.42 Å². The summed E-state index contributed by atoms with van der Waals surface area (Å²) in [5, 5.41) is 6.90. The molecule has 2 heterocycles. The number of nitrogens with zero attached hydrogens (tertiary/aromatic N) is 1. The largest absolute Gasteiger partial charge is 0.458 e. The molecule has 0 radical (unpaired) electrons. The molecule has 0 aliphatic carbocycles. The Bertz CT molecular complexity index is 957. The van der Waals surface area contributed by atoms with Gasteiger partial charge in [0.25, 0.3) is 10.0 Å². The van der Waals surface area contributed by atoms with Gasteiger partial charge in [-0.1, -0.05) is 0 Å². The highest BCUT2D eigenvalue weighted by Gasteiger charge is 2.23. The van der Waals surface area contributed by atoms with Gasteiger partial charge in [0.1, 0.15) is 16.3 Å². The molecule has 2 N–H and O–H groups in total. The molecular formula is C16H17N3O3S2. The Morgan fingerprint density at radius 1 is 1.17 bits per heavy atom. The Morgan fingerprint density at radius 2 is 1.88 bits per heavy atom.